The highest BCUT2D eigenvalue weighted by Crippen LogP contribution is 2.34. The summed E-state index contributed by atoms with van der Waals surface area (Å²) in [5.41, 5.74) is 20.9. The van der Waals surface area contributed by atoms with Crippen LogP contribution in [0.1, 0.15) is 78.5 Å². The third kappa shape index (κ3) is 31.5. The summed E-state index contributed by atoms with van der Waals surface area (Å²) in [7, 11) is 4.25. The number of alkyl halides is 3. The number of fused-ring (bicyclic) bond motifs is 35. The second-order valence-electron chi connectivity index (χ2n) is 34.9. The second kappa shape index (κ2) is 51.6. The van der Waals surface area contributed by atoms with Gasteiger partial charge < -0.3 is 65.8 Å². The van der Waals surface area contributed by atoms with E-state index in [4.69, 9.17) is 33.7 Å². The number of anilines is 11. The molecule has 1 amide bonds. The zero-order valence-electron chi connectivity index (χ0n) is 81.1. The number of rotatable bonds is 0. The molecule has 0 saturated heterocycles. The molecular formula is C115H117F3N20O6. The van der Waals surface area contributed by atoms with E-state index < -0.39 is 12.1 Å². The summed E-state index contributed by atoms with van der Waals surface area (Å²) in [6.07, 6.45) is 24.8. The minimum atomic E-state index is -4.96. The third-order valence-corrected chi connectivity index (χ3v) is 23.1. The normalized spacial score (nSPS) is 15.5. The standard InChI is InChI=1S/C24H21F3N4O2.2C24H26N4O.C22H22N4O.C21H22N4O/c25-24(26,27)22(32)31-12-2-1-3-13-33-20-9-5-7-18(15-20)21-10-11-28-23(30-21)29-19-8-4-6-17(14-19)16-31;1-18-16-25-24-26-21-10-6-8-19(14-21)17-28(2)12-4-3-5-13-29-22-11-7-9-20(15-22)23(18)27-24;1-18-14-23-20-9-7-11-22(16-20)29-13-5-3-4-12-28(2)17-19-8-6-10-21(15-19)26-24(25-18)27-23;1-2-11-23-16-17-6-4-8-19(14-17)25-22-24-12-10-21(26-22)18-7-5-9-20(15-18)27-13-3-1;1-2-11-22-17-7-5-8-18(15-17)24-21-23-12-10-20(25-21)16-6-4-9-19(14-16)26-13-3-1/h1-2,4-11,14-15H,3,12-13,16H2,(H,28,29,30);2*3-4,6-11,14-16H,5,12-13,17H2,1-2H3,(H,25,26,27);1-2,4-10,12,14-15,23H,3,11,13,16H2,(H,24,25,26);4-10,12,14-15,22H,1-3,11,13H2,(H,23,24,25)/b2-1+;2*4-3+;2-1-;. The van der Waals surface area contributed by atoms with Crippen molar-refractivity contribution in [1.82, 2.24) is 69.9 Å². The van der Waals surface area contributed by atoms with Crippen molar-refractivity contribution in [2.75, 3.05) is 112 Å². The molecule has 0 aliphatic carbocycles. The molecule has 5 aliphatic rings. The maximum atomic E-state index is 13.1. The molecule has 0 fully saturated rings. The van der Waals surface area contributed by atoms with E-state index >= 15 is 0 Å². The minimum Gasteiger partial charge on any atom is -0.494 e. The smallest absolute Gasteiger partial charge is 0.471 e. The molecule has 10 heterocycles. The summed E-state index contributed by atoms with van der Waals surface area (Å²) in [5, 5.41) is 23.3. The van der Waals surface area contributed by atoms with Crippen LogP contribution in [0, 0.1) is 13.8 Å². The van der Waals surface area contributed by atoms with Gasteiger partial charge in [0.2, 0.25) is 29.7 Å². The Morgan fingerprint density at radius 3 is 1.21 bits per heavy atom. The number of carbonyl (C=O) groups is 1. The average Bonchev–Trinajstić information content (AvgIpc) is 0.842. The fraction of sp³-hybridized carbons (Fsp3) is 0.226. The number of benzene rings is 10. The van der Waals surface area contributed by atoms with Crippen molar-refractivity contribution in [2.24, 2.45) is 0 Å². The van der Waals surface area contributed by atoms with Crippen LogP contribution in [0.15, 0.2) is 340 Å². The van der Waals surface area contributed by atoms with Gasteiger partial charge in [-0.2, -0.15) is 13.2 Å². The van der Waals surface area contributed by atoms with Gasteiger partial charge in [0.05, 0.1) is 61.5 Å². The quantitative estimate of drug-likeness (QED) is 0.0695. The average molecular weight is 1930 g/mol. The lowest BCUT2D eigenvalue weighted by Gasteiger charge is -2.23. The Morgan fingerprint density at radius 1 is 0.340 bits per heavy atom. The number of hydrogen-bond donors (Lipinski definition) is 7. The Morgan fingerprint density at radius 2 is 0.722 bits per heavy atom. The number of ether oxygens (including phenoxy) is 5. The maximum Gasteiger partial charge on any atom is 0.471 e. The molecule has 0 spiro atoms. The van der Waals surface area contributed by atoms with Crippen LogP contribution in [0.25, 0.3) is 56.3 Å². The molecule has 5 aliphatic heterocycles. The molecule has 29 heteroatoms. The predicted molar refractivity (Wildman–Crippen MR) is 566 cm³/mol. The van der Waals surface area contributed by atoms with Crippen LogP contribution in [-0.2, 0) is 31.0 Å². The summed E-state index contributed by atoms with van der Waals surface area (Å²) in [5.74, 6) is 4.88. The van der Waals surface area contributed by atoms with Gasteiger partial charge in [0.1, 0.15) is 28.7 Å². The summed E-state index contributed by atoms with van der Waals surface area (Å²) in [6, 6.07) is 87.4. The first-order valence-electron chi connectivity index (χ1n) is 48.4. The molecule has 0 saturated carbocycles. The number of aryl methyl sites for hydroxylation is 2. The van der Waals surface area contributed by atoms with Crippen molar-refractivity contribution in [2.45, 2.75) is 91.1 Å². The van der Waals surface area contributed by atoms with Crippen molar-refractivity contribution in [1.29, 1.82) is 0 Å². The largest absolute Gasteiger partial charge is 0.494 e. The molecule has 30 bridgehead atoms. The maximum absolute atomic E-state index is 13.1. The van der Waals surface area contributed by atoms with E-state index in [1.807, 2.05) is 190 Å². The van der Waals surface area contributed by atoms with Crippen molar-refractivity contribution in [3.05, 3.63) is 374 Å². The Kier molecular flexibility index (Phi) is 36.0. The van der Waals surface area contributed by atoms with E-state index in [9.17, 15) is 18.0 Å². The van der Waals surface area contributed by atoms with E-state index in [1.165, 1.54) is 16.7 Å². The van der Waals surface area contributed by atoms with E-state index in [1.54, 1.807) is 61.1 Å². The lowest BCUT2D eigenvalue weighted by Crippen LogP contribution is -2.40. The SMILES string of the molecule is C1=C\CNCc2cccc(c2)Nc2nccc(n2)-c2cccc(c2)OCC/1.Cc1cc2nc(n1)Nc1cccc(c1)CN(C)C/C=C/CCOc1cccc-2c1.Cc1cnc2nc1-c1cccc(c1)OCC/C=C/CN(C)Cc1cccc(c1)N2.O=C(N1C/C=C/CCOc2cccc(c2)-c2ccnc(n2)Nc2cccc(c2)C1)C(F)(F)F.c1cc2cc(c1)Nc1nccc(n1)-c1cccc(c1)OCCCCCN2. The first-order valence-corrected chi connectivity index (χ1v) is 48.4. The zero-order valence-corrected chi connectivity index (χ0v) is 81.1. The first-order chi connectivity index (χ1) is 70.4. The number of nitrogens with one attached hydrogen (secondary N) is 7. The molecule has 0 atom stereocenters. The summed E-state index contributed by atoms with van der Waals surface area (Å²) in [6.45, 7) is 12.8. The van der Waals surface area contributed by atoms with E-state index in [0.717, 1.165) is 209 Å². The molecule has 15 aromatic rings. The van der Waals surface area contributed by atoms with Crippen LogP contribution < -0.4 is 60.9 Å². The fourth-order valence-electron chi connectivity index (χ4n) is 16.1. The summed E-state index contributed by atoms with van der Waals surface area (Å²) >= 11 is 0. The van der Waals surface area contributed by atoms with Crippen molar-refractivity contribution in [3.8, 4) is 85.0 Å². The molecule has 144 heavy (non-hydrogen) atoms. The van der Waals surface area contributed by atoms with E-state index in [0.29, 0.717) is 85.3 Å². The molecule has 5 aromatic heterocycles. The summed E-state index contributed by atoms with van der Waals surface area (Å²) in [4.78, 5) is 62.6. The highest BCUT2D eigenvalue weighted by atomic mass is 19.4. The third-order valence-electron chi connectivity index (χ3n) is 23.1. The number of carbonyl (C=O) groups excluding carboxylic acids is 1. The number of likely N-dealkylation sites (N-methyl/N-ethyl adjacent to an activating group) is 2. The fourth-order valence-corrected chi connectivity index (χ4v) is 16.1. The lowest BCUT2D eigenvalue weighted by molar-refractivity contribution is -0.185. The van der Waals surface area contributed by atoms with Gasteiger partial charge in [-0.25, -0.2) is 49.8 Å². The van der Waals surface area contributed by atoms with E-state index in [2.05, 4.69) is 204 Å². The van der Waals surface area contributed by atoms with Gasteiger partial charge in [-0.1, -0.05) is 164 Å². The zero-order chi connectivity index (χ0) is 99.3. The van der Waals surface area contributed by atoms with Gasteiger partial charge in [0.25, 0.3) is 0 Å². The monoisotopic (exact) mass is 1930 g/mol. The summed E-state index contributed by atoms with van der Waals surface area (Å²) < 4.78 is 68.8. The number of amides is 1. The van der Waals surface area contributed by atoms with Gasteiger partial charge in [-0.15, -0.1) is 0 Å². The van der Waals surface area contributed by atoms with Crippen LogP contribution >= 0.6 is 0 Å². The Hall–Kier alpha value is -16.5. The molecule has 26 nitrogen and oxygen atoms in total. The van der Waals surface area contributed by atoms with Gasteiger partial charge in [0.15, 0.2) is 0 Å². The van der Waals surface area contributed by atoms with Crippen LogP contribution in [0.2, 0.25) is 0 Å². The number of halogens is 3. The molecule has 0 radical (unpaired) electrons. The van der Waals surface area contributed by atoms with Crippen molar-refractivity contribution >= 4 is 69.8 Å². The van der Waals surface area contributed by atoms with Crippen LogP contribution in [0.5, 0.6) is 28.7 Å². The Labute approximate surface area is 838 Å². The lowest BCUT2D eigenvalue weighted by atomic mass is 10.1. The molecule has 734 valence electrons. The van der Waals surface area contributed by atoms with Gasteiger partial charge in [0, 0.05) is 151 Å². The molecule has 7 N–H and O–H groups in total. The van der Waals surface area contributed by atoms with Gasteiger partial charge in [-0.3, -0.25) is 14.6 Å². The van der Waals surface area contributed by atoms with E-state index in [-0.39, 0.29) is 13.1 Å². The first kappa shape index (κ1) is 100. The number of nitrogens with zero attached hydrogens (tertiary/aromatic N) is 13. The van der Waals surface area contributed by atoms with Crippen molar-refractivity contribution < 1.29 is 41.7 Å². The van der Waals surface area contributed by atoms with Crippen molar-refractivity contribution in [3.63, 3.8) is 0 Å². The predicted octanol–water partition coefficient (Wildman–Crippen LogP) is 24.2. The second-order valence-corrected chi connectivity index (χ2v) is 34.9. The molecule has 10 aromatic carbocycles. The topological polar surface area (TPSA) is 286 Å². The molecule has 20 rings (SSSR count). The minimum absolute atomic E-state index is 0.170. The highest BCUT2D eigenvalue weighted by Gasteiger charge is 2.42. The number of hydrogen-bond acceptors (Lipinski definition) is 25. The van der Waals surface area contributed by atoms with Crippen LogP contribution in [-0.4, -0.2) is 156 Å². The number of aromatic nitrogens is 10. The Balaban J connectivity index is 0.000000129. The highest BCUT2D eigenvalue weighted by molar-refractivity contribution is 5.82. The van der Waals surface area contributed by atoms with Crippen LogP contribution in [0.3, 0.4) is 0 Å². The molecule has 0 unspecified atom stereocenters. The van der Waals surface area contributed by atoms with Gasteiger partial charge >= 0.3 is 12.1 Å². The Bertz CT molecular complexity index is 6910. The van der Waals surface area contributed by atoms with Crippen LogP contribution in [0.4, 0.5) is 77.0 Å². The molecular weight excluding hydrogens is 1810 g/mol. The van der Waals surface area contributed by atoms with Gasteiger partial charge in [-0.05, 0) is 252 Å².